The number of aliphatic carboxylic acids is 1. The van der Waals surface area contributed by atoms with Gasteiger partial charge in [-0.05, 0) is 41.8 Å². The van der Waals surface area contributed by atoms with E-state index in [1.54, 1.807) is 18.2 Å². The Morgan fingerprint density at radius 3 is 2.27 bits per heavy atom. The van der Waals surface area contributed by atoms with Crippen molar-refractivity contribution in [1.29, 1.82) is 0 Å². The third kappa shape index (κ3) is 3.63. The molecule has 1 atom stereocenters. The first-order valence-corrected chi connectivity index (χ1v) is 9.17. The third-order valence-corrected chi connectivity index (χ3v) is 5.32. The summed E-state index contributed by atoms with van der Waals surface area (Å²) in [4.78, 5) is 23.5. The van der Waals surface area contributed by atoms with E-state index in [4.69, 9.17) is 5.73 Å². The number of benzene rings is 3. The standard InChI is InChI=1S/C23H20N2O4.Na/c1-13-6-2-3-7-14(13)12-25-17-10-4-8-15(21(26)23(28)29)19(17)20-16(22(24)27)9-5-11-18(20)25;/h2-11,21,26H,12H2,1H3,(H2,24,27)(H,28,29);/q;+1/p-1. The fourth-order valence-corrected chi connectivity index (χ4v) is 3.90. The van der Waals surface area contributed by atoms with Gasteiger partial charge < -0.3 is 25.3 Å². The van der Waals surface area contributed by atoms with Gasteiger partial charge in [0.15, 0.2) is 0 Å². The molecular formula is C23H19N2NaO4. The number of aliphatic hydroxyl groups is 1. The van der Waals surface area contributed by atoms with E-state index in [1.165, 1.54) is 6.07 Å². The number of carbonyl (C=O) groups is 2. The summed E-state index contributed by atoms with van der Waals surface area (Å²) in [6, 6.07) is 18.2. The van der Waals surface area contributed by atoms with Crippen LogP contribution in [0.1, 0.15) is 33.2 Å². The summed E-state index contributed by atoms with van der Waals surface area (Å²) in [5.74, 6) is -2.22. The van der Waals surface area contributed by atoms with E-state index in [0.29, 0.717) is 22.8 Å². The van der Waals surface area contributed by atoms with Crippen molar-refractivity contribution in [3.8, 4) is 0 Å². The smallest absolute Gasteiger partial charge is 0.547 e. The molecule has 30 heavy (non-hydrogen) atoms. The van der Waals surface area contributed by atoms with Crippen molar-refractivity contribution in [1.82, 2.24) is 4.57 Å². The van der Waals surface area contributed by atoms with E-state index in [9.17, 15) is 19.8 Å². The van der Waals surface area contributed by atoms with Crippen molar-refractivity contribution in [3.05, 3.63) is 82.9 Å². The van der Waals surface area contributed by atoms with Crippen LogP contribution in [0, 0.1) is 6.92 Å². The van der Waals surface area contributed by atoms with Crippen LogP contribution >= 0.6 is 0 Å². The maximum Gasteiger partial charge on any atom is 1.00 e. The van der Waals surface area contributed by atoms with E-state index in [0.717, 1.165) is 16.6 Å². The Bertz CT molecular complexity index is 1280. The largest absolute Gasteiger partial charge is 1.00 e. The third-order valence-electron chi connectivity index (χ3n) is 5.32. The van der Waals surface area contributed by atoms with Gasteiger partial charge >= 0.3 is 29.6 Å². The summed E-state index contributed by atoms with van der Waals surface area (Å²) in [5.41, 5.74) is 9.68. The molecule has 146 valence electrons. The number of hydrogen-bond acceptors (Lipinski definition) is 4. The second kappa shape index (κ2) is 8.62. The van der Waals surface area contributed by atoms with Crippen LogP contribution in [0.5, 0.6) is 0 Å². The number of fused-ring (bicyclic) bond motifs is 3. The summed E-state index contributed by atoms with van der Waals surface area (Å²) in [7, 11) is 0. The molecule has 0 saturated heterocycles. The molecule has 0 fully saturated rings. The number of aromatic nitrogens is 1. The molecule has 0 spiro atoms. The molecule has 3 N–H and O–H groups in total. The molecule has 0 bridgehead atoms. The molecule has 7 heteroatoms. The van der Waals surface area contributed by atoms with Crippen molar-refractivity contribution >= 4 is 33.7 Å². The maximum atomic E-state index is 12.1. The first kappa shape index (κ1) is 22.1. The van der Waals surface area contributed by atoms with Gasteiger partial charge in [-0.1, -0.05) is 42.5 Å². The molecule has 0 radical (unpaired) electrons. The molecule has 4 aromatic rings. The van der Waals surface area contributed by atoms with Crippen molar-refractivity contribution in [2.75, 3.05) is 0 Å². The van der Waals surface area contributed by atoms with Gasteiger partial charge in [-0.15, -0.1) is 0 Å². The number of carbonyl (C=O) groups excluding carboxylic acids is 2. The number of nitrogens with zero attached hydrogens (tertiary/aromatic N) is 1. The van der Waals surface area contributed by atoms with Gasteiger partial charge in [0.1, 0.15) is 6.10 Å². The first-order chi connectivity index (χ1) is 13.9. The number of amides is 1. The number of carboxylic acids is 1. The van der Waals surface area contributed by atoms with Crippen molar-refractivity contribution in [3.63, 3.8) is 0 Å². The zero-order valence-electron chi connectivity index (χ0n) is 16.8. The van der Waals surface area contributed by atoms with Crippen LogP contribution in [-0.2, 0) is 11.3 Å². The summed E-state index contributed by atoms with van der Waals surface area (Å²) >= 11 is 0. The average molecular weight is 410 g/mol. The molecule has 4 rings (SSSR count). The van der Waals surface area contributed by atoms with Crippen LogP contribution in [0.15, 0.2) is 60.7 Å². The Hall–Kier alpha value is -2.64. The zero-order chi connectivity index (χ0) is 20.7. The second-order valence-corrected chi connectivity index (χ2v) is 7.04. The quantitative estimate of drug-likeness (QED) is 0.413. The Kier molecular flexibility index (Phi) is 6.33. The van der Waals surface area contributed by atoms with Gasteiger partial charge in [0, 0.05) is 28.4 Å². The second-order valence-electron chi connectivity index (χ2n) is 7.04. The van der Waals surface area contributed by atoms with Crippen molar-refractivity contribution < 1.29 is 49.4 Å². The number of nitrogens with two attached hydrogens (primary N) is 1. The fraction of sp³-hybridized carbons (Fsp3) is 0.130. The van der Waals surface area contributed by atoms with Crippen LogP contribution < -0.4 is 40.4 Å². The molecule has 1 heterocycles. The van der Waals surface area contributed by atoms with Crippen molar-refractivity contribution in [2.24, 2.45) is 5.73 Å². The Morgan fingerprint density at radius 2 is 1.63 bits per heavy atom. The fourth-order valence-electron chi connectivity index (χ4n) is 3.90. The number of carboxylic acid groups (broad SMARTS) is 1. The molecule has 6 nitrogen and oxygen atoms in total. The number of aliphatic hydroxyl groups excluding tert-OH is 1. The molecule has 1 unspecified atom stereocenters. The first-order valence-electron chi connectivity index (χ1n) is 9.17. The van der Waals surface area contributed by atoms with E-state index in [2.05, 4.69) is 0 Å². The molecule has 0 saturated carbocycles. The van der Waals surface area contributed by atoms with Gasteiger partial charge in [0.2, 0.25) is 5.91 Å². The summed E-state index contributed by atoms with van der Waals surface area (Å²) in [6.07, 6.45) is -1.82. The predicted molar refractivity (Wildman–Crippen MR) is 108 cm³/mol. The Labute approximate surface area is 195 Å². The van der Waals surface area contributed by atoms with E-state index >= 15 is 0 Å². The summed E-state index contributed by atoms with van der Waals surface area (Å²) < 4.78 is 2.00. The SMILES string of the molecule is Cc1ccccc1Cn1c2cccc(C(N)=O)c2c2c(C(O)C(=O)[O-])cccc21.[Na+]. The molecule has 0 aliphatic carbocycles. The number of primary amides is 1. The number of hydrogen-bond donors (Lipinski definition) is 2. The van der Waals surface area contributed by atoms with E-state index < -0.39 is 18.0 Å². The molecule has 1 aromatic heterocycles. The minimum atomic E-state index is -1.82. The van der Waals surface area contributed by atoms with Crippen LogP contribution in [0.25, 0.3) is 21.8 Å². The Balaban J connectivity index is 0.00000256. The topological polar surface area (TPSA) is 108 Å². The molecule has 0 aliphatic heterocycles. The van der Waals surface area contributed by atoms with Crippen LogP contribution in [0.4, 0.5) is 0 Å². The van der Waals surface area contributed by atoms with Crippen LogP contribution in [-0.4, -0.2) is 21.6 Å². The number of aryl methyl sites for hydroxylation is 1. The molecule has 0 aliphatic rings. The summed E-state index contributed by atoms with van der Waals surface area (Å²) in [6.45, 7) is 2.53. The minimum absolute atomic E-state index is 0. The summed E-state index contributed by atoms with van der Waals surface area (Å²) in [5, 5.41) is 22.6. The van der Waals surface area contributed by atoms with E-state index in [1.807, 2.05) is 47.9 Å². The minimum Gasteiger partial charge on any atom is -0.547 e. The maximum absolute atomic E-state index is 12.1. The van der Waals surface area contributed by atoms with Gasteiger partial charge in [-0.3, -0.25) is 4.79 Å². The van der Waals surface area contributed by atoms with Gasteiger partial charge in [0.25, 0.3) is 0 Å². The van der Waals surface area contributed by atoms with Gasteiger partial charge in [0.05, 0.1) is 11.5 Å². The van der Waals surface area contributed by atoms with Crippen LogP contribution in [0.2, 0.25) is 0 Å². The number of rotatable bonds is 5. The van der Waals surface area contributed by atoms with Crippen LogP contribution in [0.3, 0.4) is 0 Å². The Morgan fingerprint density at radius 1 is 1.00 bits per heavy atom. The van der Waals surface area contributed by atoms with Crippen molar-refractivity contribution in [2.45, 2.75) is 19.6 Å². The predicted octanol–water partition coefficient (Wildman–Crippen LogP) is -0.963. The zero-order valence-corrected chi connectivity index (χ0v) is 18.8. The molecule has 3 aromatic carbocycles. The molecule has 1 amide bonds. The normalized spacial score (nSPS) is 11.9. The molecular weight excluding hydrogens is 391 g/mol. The van der Waals surface area contributed by atoms with E-state index in [-0.39, 0.29) is 40.7 Å². The van der Waals surface area contributed by atoms with Gasteiger partial charge in [-0.2, -0.15) is 0 Å². The van der Waals surface area contributed by atoms with Gasteiger partial charge in [-0.25, -0.2) is 0 Å². The monoisotopic (exact) mass is 410 g/mol. The average Bonchev–Trinajstić information content (AvgIpc) is 3.03.